The fraction of sp³-hybridized carbons (Fsp3) is 1.00. The molecule has 2 heteroatoms. The van der Waals surface area contributed by atoms with Crippen molar-refractivity contribution in [3.63, 3.8) is 0 Å². The van der Waals surface area contributed by atoms with Crippen molar-refractivity contribution in [1.82, 2.24) is 9.80 Å². The maximum absolute atomic E-state index is 2.70. The smallest absolute Gasteiger partial charge is 0.00421 e. The Morgan fingerprint density at radius 2 is 1.56 bits per heavy atom. The third-order valence-electron chi connectivity index (χ3n) is 5.14. The van der Waals surface area contributed by atoms with Gasteiger partial charge < -0.3 is 9.80 Å². The molecule has 0 aromatic carbocycles. The summed E-state index contributed by atoms with van der Waals surface area (Å²) in [5, 5.41) is 0. The summed E-state index contributed by atoms with van der Waals surface area (Å²) in [4.78, 5) is 5.38. The van der Waals surface area contributed by atoms with Crippen LogP contribution in [0.1, 0.15) is 53.4 Å². The highest BCUT2D eigenvalue weighted by molar-refractivity contribution is 4.94. The summed E-state index contributed by atoms with van der Waals surface area (Å²) in [6.45, 7) is 16.1. The highest BCUT2D eigenvalue weighted by Gasteiger charge is 2.40. The van der Waals surface area contributed by atoms with E-state index in [0.717, 1.165) is 12.0 Å². The first-order valence-electron chi connectivity index (χ1n) is 7.97. The Hall–Kier alpha value is -0.0800. The summed E-state index contributed by atoms with van der Waals surface area (Å²) < 4.78 is 0. The summed E-state index contributed by atoms with van der Waals surface area (Å²) in [5.74, 6) is 0.851. The van der Waals surface area contributed by atoms with E-state index in [4.69, 9.17) is 0 Å². The molecule has 0 bridgehead atoms. The van der Waals surface area contributed by atoms with E-state index in [1.54, 1.807) is 0 Å². The second-order valence-corrected chi connectivity index (χ2v) is 7.34. The number of likely N-dealkylation sites (tertiary alicyclic amines) is 2. The van der Waals surface area contributed by atoms with E-state index in [9.17, 15) is 0 Å². The van der Waals surface area contributed by atoms with Gasteiger partial charge in [-0.05, 0) is 77.0 Å². The van der Waals surface area contributed by atoms with Crippen molar-refractivity contribution in [2.24, 2.45) is 11.3 Å². The molecule has 0 N–H and O–H groups in total. The van der Waals surface area contributed by atoms with Crippen molar-refractivity contribution in [2.45, 2.75) is 59.4 Å². The van der Waals surface area contributed by atoms with Crippen LogP contribution in [0, 0.1) is 11.3 Å². The minimum absolute atomic E-state index is 0.679. The van der Waals surface area contributed by atoms with Crippen molar-refractivity contribution in [2.75, 3.05) is 32.7 Å². The zero-order chi connectivity index (χ0) is 13.2. The molecule has 2 rings (SSSR count). The Morgan fingerprint density at radius 1 is 0.944 bits per heavy atom. The summed E-state index contributed by atoms with van der Waals surface area (Å²) in [7, 11) is 0. The monoisotopic (exact) mass is 252 g/mol. The molecule has 0 aromatic rings. The molecule has 0 aromatic heterocycles. The number of hydrogen-bond donors (Lipinski definition) is 0. The lowest BCUT2D eigenvalue weighted by Crippen LogP contribution is -2.42. The minimum Gasteiger partial charge on any atom is -0.303 e. The molecule has 2 nitrogen and oxygen atoms in total. The maximum atomic E-state index is 2.70. The number of rotatable bonds is 4. The van der Waals surface area contributed by atoms with Crippen molar-refractivity contribution in [1.29, 1.82) is 0 Å². The second kappa shape index (κ2) is 5.92. The average Bonchev–Trinajstić information content (AvgIpc) is 2.73. The van der Waals surface area contributed by atoms with Crippen LogP contribution in [0.4, 0.5) is 0 Å². The summed E-state index contributed by atoms with van der Waals surface area (Å²) in [6.07, 6.45) is 5.69. The van der Waals surface area contributed by atoms with Crippen molar-refractivity contribution >= 4 is 0 Å². The molecular weight excluding hydrogens is 220 g/mol. The summed E-state index contributed by atoms with van der Waals surface area (Å²) in [6, 6.07) is 0.739. The van der Waals surface area contributed by atoms with E-state index in [1.165, 1.54) is 58.4 Å². The molecule has 0 atom stereocenters. The SMILES string of the molecule is CC(C)CCN1CCC2(CC1)CCN(C(C)C)C2. The molecular formula is C16H32N2. The van der Waals surface area contributed by atoms with E-state index >= 15 is 0 Å². The minimum atomic E-state index is 0.679. The van der Waals surface area contributed by atoms with E-state index in [1.807, 2.05) is 0 Å². The van der Waals surface area contributed by atoms with Crippen LogP contribution in [0.3, 0.4) is 0 Å². The predicted octanol–water partition coefficient (Wildman–Crippen LogP) is 3.23. The van der Waals surface area contributed by atoms with E-state index < -0.39 is 0 Å². The summed E-state index contributed by atoms with van der Waals surface area (Å²) >= 11 is 0. The topological polar surface area (TPSA) is 6.48 Å². The second-order valence-electron chi connectivity index (χ2n) is 7.34. The molecule has 0 radical (unpaired) electrons. The van der Waals surface area contributed by atoms with Crippen LogP contribution < -0.4 is 0 Å². The van der Waals surface area contributed by atoms with Crippen molar-refractivity contribution < 1.29 is 0 Å². The lowest BCUT2D eigenvalue weighted by atomic mass is 9.77. The van der Waals surface area contributed by atoms with Gasteiger partial charge in [0, 0.05) is 12.6 Å². The molecule has 2 saturated heterocycles. The van der Waals surface area contributed by atoms with Crippen molar-refractivity contribution in [3.8, 4) is 0 Å². The van der Waals surface area contributed by atoms with E-state index in [2.05, 4.69) is 37.5 Å². The lowest BCUT2D eigenvalue weighted by Gasteiger charge is -2.40. The molecule has 0 unspecified atom stereocenters. The van der Waals surface area contributed by atoms with Crippen LogP contribution in [0.2, 0.25) is 0 Å². The first-order valence-corrected chi connectivity index (χ1v) is 7.97. The Balaban J connectivity index is 1.76. The van der Waals surface area contributed by atoms with E-state index in [-0.39, 0.29) is 0 Å². The van der Waals surface area contributed by atoms with Crippen LogP contribution in [0.25, 0.3) is 0 Å². The van der Waals surface area contributed by atoms with Gasteiger partial charge >= 0.3 is 0 Å². The van der Waals surface area contributed by atoms with Gasteiger partial charge in [-0.25, -0.2) is 0 Å². The van der Waals surface area contributed by atoms with Crippen LogP contribution in [0.5, 0.6) is 0 Å². The Morgan fingerprint density at radius 3 is 2.06 bits per heavy atom. The van der Waals surface area contributed by atoms with Gasteiger partial charge in [0.25, 0.3) is 0 Å². The van der Waals surface area contributed by atoms with Gasteiger partial charge in [0.2, 0.25) is 0 Å². The van der Waals surface area contributed by atoms with Gasteiger partial charge in [-0.15, -0.1) is 0 Å². The van der Waals surface area contributed by atoms with E-state index in [0.29, 0.717) is 5.41 Å². The molecule has 2 heterocycles. The Labute approximate surface area is 114 Å². The molecule has 0 saturated carbocycles. The molecule has 2 fully saturated rings. The molecule has 1 spiro atoms. The fourth-order valence-electron chi connectivity index (χ4n) is 3.51. The molecule has 18 heavy (non-hydrogen) atoms. The molecule has 106 valence electrons. The zero-order valence-corrected chi connectivity index (χ0v) is 12.9. The predicted molar refractivity (Wildman–Crippen MR) is 78.9 cm³/mol. The van der Waals surface area contributed by atoms with Gasteiger partial charge in [-0.3, -0.25) is 0 Å². The zero-order valence-electron chi connectivity index (χ0n) is 12.9. The van der Waals surface area contributed by atoms with Gasteiger partial charge in [0.1, 0.15) is 0 Å². The quantitative estimate of drug-likeness (QED) is 0.758. The van der Waals surface area contributed by atoms with Crippen LogP contribution >= 0.6 is 0 Å². The maximum Gasteiger partial charge on any atom is 0.00421 e. The van der Waals surface area contributed by atoms with Gasteiger partial charge in [0.05, 0.1) is 0 Å². The third-order valence-corrected chi connectivity index (χ3v) is 5.14. The van der Waals surface area contributed by atoms with Crippen LogP contribution in [-0.2, 0) is 0 Å². The first-order chi connectivity index (χ1) is 8.51. The first kappa shape index (κ1) is 14.3. The number of hydrogen-bond acceptors (Lipinski definition) is 2. The molecule has 0 amide bonds. The fourth-order valence-corrected chi connectivity index (χ4v) is 3.51. The van der Waals surface area contributed by atoms with Crippen molar-refractivity contribution in [3.05, 3.63) is 0 Å². The van der Waals surface area contributed by atoms with Gasteiger partial charge in [0.15, 0.2) is 0 Å². The number of nitrogens with zero attached hydrogens (tertiary/aromatic N) is 2. The summed E-state index contributed by atoms with van der Waals surface area (Å²) in [5.41, 5.74) is 0.679. The lowest BCUT2D eigenvalue weighted by molar-refractivity contribution is 0.0999. The highest BCUT2D eigenvalue weighted by atomic mass is 15.2. The Bertz CT molecular complexity index is 252. The standard InChI is InChI=1S/C16H32N2/c1-14(2)5-9-17-10-6-16(7-11-17)8-12-18(13-16)15(3)4/h14-15H,5-13H2,1-4H3. The van der Waals surface area contributed by atoms with Gasteiger partial charge in [-0.1, -0.05) is 13.8 Å². The van der Waals surface area contributed by atoms with Crippen LogP contribution in [-0.4, -0.2) is 48.6 Å². The molecule has 2 aliphatic rings. The van der Waals surface area contributed by atoms with Gasteiger partial charge in [-0.2, -0.15) is 0 Å². The average molecular weight is 252 g/mol. The molecule has 2 aliphatic heterocycles. The normalized spacial score (nSPS) is 25.7. The Kier molecular flexibility index (Phi) is 4.71. The third kappa shape index (κ3) is 3.48. The molecule has 0 aliphatic carbocycles. The highest BCUT2D eigenvalue weighted by Crippen LogP contribution is 2.40. The largest absolute Gasteiger partial charge is 0.303 e. The van der Waals surface area contributed by atoms with Crippen LogP contribution in [0.15, 0.2) is 0 Å². The number of piperidine rings is 1.